The van der Waals surface area contributed by atoms with E-state index in [0.29, 0.717) is 0 Å². The smallest absolute Gasteiger partial charge is 0.0197 e. The Kier molecular flexibility index (Phi) is 1.59. The van der Waals surface area contributed by atoms with Crippen LogP contribution in [-0.4, -0.2) is 0 Å². The second-order valence-electron chi connectivity index (χ2n) is 3.42. The standard InChI is InChI=1S/C12H10S/c1-2-4-9-6-10-7-13-8-12(10)11(9)5-3-1/h1-6H,7-8H2. The molecule has 0 nitrogen and oxygen atoms in total. The summed E-state index contributed by atoms with van der Waals surface area (Å²) in [6, 6.07) is 13.1. The Morgan fingerprint density at radius 1 is 1.00 bits per heavy atom. The predicted molar refractivity (Wildman–Crippen MR) is 58.1 cm³/mol. The highest BCUT2D eigenvalue weighted by molar-refractivity contribution is 7.98. The third kappa shape index (κ3) is 1.07. The van der Waals surface area contributed by atoms with Crippen LogP contribution in [0.4, 0.5) is 0 Å². The third-order valence-electron chi connectivity index (χ3n) is 2.62. The Bertz CT molecular complexity index is 420. The fourth-order valence-corrected chi connectivity index (χ4v) is 3.10. The lowest BCUT2D eigenvalue weighted by Gasteiger charge is -1.95. The quantitative estimate of drug-likeness (QED) is 0.606. The van der Waals surface area contributed by atoms with Gasteiger partial charge >= 0.3 is 0 Å². The lowest BCUT2D eigenvalue weighted by molar-refractivity contribution is 1.42. The molecule has 64 valence electrons. The highest BCUT2D eigenvalue weighted by atomic mass is 32.2. The lowest BCUT2D eigenvalue weighted by Crippen LogP contribution is -1.74. The maximum atomic E-state index is 2.34. The van der Waals surface area contributed by atoms with Gasteiger partial charge in [-0.15, -0.1) is 0 Å². The molecule has 3 rings (SSSR count). The Morgan fingerprint density at radius 3 is 2.92 bits per heavy atom. The summed E-state index contributed by atoms with van der Waals surface area (Å²) >= 11 is 2.02. The highest BCUT2D eigenvalue weighted by Crippen LogP contribution is 2.40. The Balaban J connectivity index is 2.34. The molecule has 0 unspecified atom stereocenters. The van der Waals surface area contributed by atoms with Gasteiger partial charge in [-0.25, -0.2) is 0 Å². The molecule has 1 aliphatic heterocycles. The number of rotatable bonds is 0. The van der Waals surface area contributed by atoms with Crippen LogP contribution in [0.5, 0.6) is 0 Å². The minimum Gasteiger partial charge on any atom is -0.152 e. The molecular formula is C12H10S. The lowest BCUT2D eigenvalue weighted by atomic mass is 10.1. The van der Waals surface area contributed by atoms with Gasteiger partial charge < -0.3 is 0 Å². The van der Waals surface area contributed by atoms with Gasteiger partial charge in [0.15, 0.2) is 0 Å². The van der Waals surface area contributed by atoms with Gasteiger partial charge in [0.05, 0.1) is 0 Å². The van der Waals surface area contributed by atoms with Crippen LogP contribution in [-0.2, 0) is 11.5 Å². The van der Waals surface area contributed by atoms with Crippen molar-refractivity contribution in [2.75, 3.05) is 0 Å². The van der Waals surface area contributed by atoms with E-state index >= 15 is 0 Å². The zero-order chi connectivity index (χ0) is 8.67. The van der Waals surface area contributed by atoms with Crippen molar-refractivity contribution in [2.45, 2.75) is 11.5 Å². The molecule has 0 N–H and O–H groups in total. The fraction of sp³-hybridized carbons (Fsp3) is 0.167. The maximum Gasteiger partial charge on any atom is 0.0197 e. The first-order valence-electron chi connectivity index (χ1n) is 4.52. The van der Waals surface area contributed by atoms with E-state index in [2.05, 4.69) is 36.4 Å². The first kappa shape index (κ1) is 7.45. The van der Waals surface area contributed by atoms with Gasteiger partial charge in [0, 0.05) is 11.5 Å². The summed E-state index contributed by atoms with van der Waals surface area (Å²) in [5, 5.41) is 0. The van der Waals surface area contributed by atoms with Crippen LogP contribution in [0.25, 0.3) is 11.1 Å². The number of fused-ring (bicyclic) bond motifs is 3. The second-order valence-corrected chi connectivity index (χ2v) is 4.41. The van der Waals surface area contributed by atoms with Crippen molar-refractivity contribution in [2.24, 2.45) is 0 Å². The van der Waals surface area contributed by atoms with E-state index < -0.39 is 0 Å². The Morgan fingerprint density at radius 2 is 1.92 bits per heavy atom. The molecule has 1 heteroatoms. The van der Waals surface area contributed by atoms with Crippen molar-refractivity contribution in [1.82, 2.24) is 0 Å². The molecular weight excluding hydrogens is 176 g/mol. The highest BCUT2D eigenvalue weighted by Gasteiger charge is 2.18. The summed E-state index contributed by atoms with van der Waals surface area (Å²) in [6.45, 7) is 0. The van der Waals surface area contributed by atoms with Crippen molar-refractivity contribution >= 4 is 11.8 Å². The van der Waals surface area contributed by atoms with Gasteiger partial charge in [-0.1, -0.05) is 30.3 Å². The molecule has 0 saturated carbocycles. The molecule has 0 saturated heterocycles. The van der Waals surface area contributed by atoms with Crippen molar-refractivity contribution in [3.63, 3.8) is 0 Å². The number of hydrogen-bond acceptors (Lipinski definition) is 1. The molecule has 0 aromatic carbocycles. The Hall–Kier alpha value is -0.950. The topological polar surface area (TPSA) is 0 Å². The molecule has 0 fully saturated rings. The van der Waals surface area contributed by atoms with Crippen molar-refractivity contribution in [1.29, 1.82) is 0 Å². The average Bonchev–Trinajstić information content (AvgIpc) is 2.61. The molecule has 0 bridgehead atoms. The zero-order valence-corrected chi connectivity index (χ0v) is 8.10. The van der Waals surface area contributed by atoms with Crippen LogP contribution in [0, 0.1) is 0 Å². The summed E-state index contributed by atoms with van der Waals surface area (Å²) in [7, 11) is 0. The van der Waals surface area contributed by atoms with Crippen LogP contribution >= 0.6 is 11.8 Å². The molecule has 3 aliphatic rings. The molecule has 2 aliphatic carbocycles. The molecule has 1 heterocycles. The largest absolute Gasteiger partial charge is 0.152 e. The molecule has 0 atom stereocenters. The van der Waals surface area contributed by atoms with Gasteiger partial charge in [-0.3, -0.25) is 0 Å². The van der Waals surface area contributed by atoms with Crippen LogP contribution in [0.15, 0.2) is 36.4 Å². The van der Waals surface area contributed by atoms with E-state index in [1.165, 1.54) is 22.6 Å². The van der Waals surface area contributed by atoms with Gasteiger partial charge in [0.25, 0.3) is 0 Å². The van der Waals surface area contributed by atoms with Gasteiger partial charge in [0.1, 0.15) is 0 Å². The van der Waals surface area contributed by atoms with Crippen LogP contribution < -0.4 is 0 Å². The van der Waals surface area contributed by atoms with E-state index in [4.69, 9.17) is 0 Å². The van der Waals surface area contributed by atoms with E-state index in [9.17, 15) is 0 Å². The second kappa shape index (κ2) is 2.78. The summed E-state index contributed by atoms with van der Waals surface area (Å²) in [4.78, 5) is 0. The zero-order valence-electron chi connectivity index (χ0n) is 7.29. The van der Waals surface area contributed by atoms with Crippen LogP contribution in [0.2, 0.25) is 0 Å². The van der Waals surface area contributed by atoms with Gasteiger partial charge in [-0.05, 0) is 28.3 Å². The minimum absolute atomic E-state index is 1.20. The summed E-state index contributed by atoms with van der Waals surface area (Å²) < 4.78 is 0. The SMILES string of the molecule is c1ccc2cc3c(c-2cc1)CSC3. The fourth-order valence-electron chi connectivity index (χ4n) is 1.97. The van der Waals surface area contributed by atoms with Crippen molar-refractivity contribution < 1.29 is 0 Å². The molecule has 0 aromatic rings. The van der Waals surface area contributed by atoms with E-state index in [-0.39, 0.29) is 0 Å². The van der Waals surface area contributed by atoms with Crippen LogP contribution in [0.3, 0.4) is 0 Å². The number of hydrogen-bond donors (Lipinski definition) is 0. The molecule has 0 radical (unpaired) electrons. The monoisotopic (exact) mass is 186 g/mol. The maximum absolute atomic E-state index is 2.34. The molecule has 0 spiro atoms. The summed E-state index contributed by atoms with van der Waals surface area (Å²) in [5.41, 5.74) is 5.96. The van der Waals surface area contributed by atoms with E-state index in [1.54, 1.807) is 11.1 Å². The van der Waals surface area contributed by atoms with E-state index in [1.807, 2.05) is 11.8 Å². The average molecular weight is 186 g/mol. The third-order valence-corrected chi connectivity index (χ3v) is 3.63. The molecule has 0 amide bonds. The summed E-state index contributed by atoms with van der Waals surface area (Å²) in [6.07, 6.45) is 0. The van der Waals surface area contributed by atoms with Gasteiger partial charge in [-0.2, -0.15) is 11.8 Å². The number of thioether (sulfide) groups is 1. The Labute approximate surface area is 82.3 Å². The molecule has 13 heavy (non-hydrogen) atoms. The molecule has 0 aromatic heterocycles. The normalized spacial score (nSPS) is 14.8. The first-order valence-corrected chi connectivity index (χ1v) is 5.68. The minimum atomic E-state index is 1.20. The van der Waals surface area contributed by atoms with E-state index in [0.717, 1.165) is 0 Å². The van der Waals surface area contributed by atoms with Crippen molar-refractivity contribution in [3.8, 4) is 11.1 Å². The predicted octanol–water partition coefficient (Wildman–Crippen LogP) is 3.54. The van der Waals surface area contributed by atoms with Crippen LogP contribution in [0.1, 0.15) is 11.1 Å². The van der Waals surface area contributed by atoms with Gasteiger partial charge in [0.2, 0.25) is 0 Å². The van der Waals surface area contributed by atoms with Crippen molar-refractivity contribution in [3.05, 3.63) is 47.5 Å². The summed E-state index contributed by atoms with van der Waals surface area (Å²) in [5.74, 6) is 2.40. The first-order chi connectivity index (χ1) is 6.45.